The highest BCUT2D eigenvalue weighted by Crippen LogP contribution is 2.28. The van der Waals surface area contributed by atoms with Crippen molar-refractivity contribution in [2.24, 2.45) is 0 Å². The minimum atomic E-state index is -0.313. The first-order valence-electron chi connectivity index (χ1n) is 10.2. The summed E-state index contributed by atoms with van der Waals surface area (Å²) in [6.45, 7) is 5.31. The zero-order valence-electron chi connectivity index (χ0n) is 16.9. The molecule has 152 valence electrons. The predicted molar refractivity (Wildman–Crippen MR) is 110 cm³/mol. The summed E-state index contributed by atoms with van der Waals surface area (Å²) in [5.74, 6) is -0.218. The van der Waals surface area contributed by atoms with Crippen LogP contribution >= 0.6 is 0 Å². The van der Waals surface area contributed by atoms with Crippen LogP contribution in [0.5, 0.6) is 0 Å². The van der Waals surface area contributed by atoms with Crippen LogP contribution in [0.25, 0.3) is 11.0 Å². The van der Waals surface area contributed by atoms with Gasteiger partial charge in [0.2, 0.25) is 0 Å². The molecule has 0 N–H and O–H groups in total. The summed E-state index contributed by atoms with van der Waals surface area (Å²) >= 11 is 0. The highest BCUT2D eigenvalue weighted by molar-refractivity contribution is 5.99. The molecule has 1 aromatic heterocycles. The maximum absolute atomic E-state index is 14.3. The Kier molecular flexibility index (Phi) is 5.67. The second-order valence-corrected chi connectivity index (χ2v) is 7.65. The van der Waals surface area contributed by atoms with E-state index in [1.165, 1.54) is 11.6 Å². The number of benzene rings is 2. The number of aryl methyl sites for hydroxylation is 2. The number of hydrogen-bond donors (Lipinski definition) is 0. The molecule has 2 heterocycles. The molecule has 1 atom stereocenters. The van der Waals surface area contributed by atoms with E-state index in [0.717, 1.165) is 30.2 Å². The van der Waals surface area contributed by atoms with Gasteiger partial charge in [-0.25, -0.2) is 4.39 Å². The molecule has 1 saturated heterocycles. The molecule has 1 aliphatic rings. The molecule has 0 aliphatic carbocycles. The van der Waals surface area contributed by atoms with E-state index in [4.69, 9.17) is 9.15 Å². The molecule has 0 saturated carbocycles. The summed E-state index contributed by atoms with van der Waals surface area (Å²) in [5, 5.41) is 0.954. The molecule has 1 unspecified atom stereocenters. The van der Waals surface area contributed by atoms with Gasteiger partial charge in [-0.1, -0.05) is 31.2 Å². The highest BCUT2D eigenvalue weighted by Gasteiger charge is 2.28. The van der Waals surface area contributed by atoms with Gasteiger partial charge in [-0.3, -0.25) is 4.79 Å². The molecule has 2 aromatic carbocycles. The second kappa shape index (κ2) is 8.37. The van der Waals surface area contributed by atoms with Gasteiger partial charge in [0.25, 0.3) is 5.91 Å². The molecular weight excluding hydrogens is 369 g/mol. The molecule has 29 heavy (non-hydrogen) atoms. The van der Waals surface area contributed by atoms with Crippen molar-refractivity contribution in [3.63, 3.8) is 0 Å². The van der Waals surface area contributed by atoms with Crippen LogP contribution in [0.4, 0.5) is 4.39 Å². The van der Waals surface area contributed by atoms with Crippen molar-refractivity contribution in [2.75, 3.05) is 13.2 Å². The van der Waals surface area contributed by atoms with E-state index in [9.17, 15) is 9.18 Å². The fourth-order valence-corrected chi connectivity index (χ4v) is 3.92. The Morgan fingerprint density at radius 3 is 2.79 bits per heavy atom. The number of halogens is 1. The number of amides is 1. The Balaban J connectivity index is 1.67. The van der Waals surface area contributed by atoms with Crippen LogP contribution in [0.3, 0.4) is 0 Å². The zero-order chi connectivity index (χ0) is 20.4. The molecular formula is C24H26FNO3. The Bertz CT molecular complexity index is 1020. The SMILES string of the molecule is CCc1ccc2oc(C(=O)N(Cc3ccccc3F)CC3CCCO3)c(C)c2c1. The van der Waals surface area contributed by atoms with Crippen LogP contribution in [0.2, 0.25) is 0 Å². The molecule has 0 radical (unpaired) electrons. The molecule has 4 nitrogen and oxygen atoms in total. The predicted octanol–water partition coefficient (Wildman–Crippen LogP) is 5.26. The lowest BCUT2D eigenvalue weighted by molar-refractivity contribution is 0.0482. The van der Waals surface area contributed by atoms with Gasteiger partial charge in [-0.05, 0) is 49.9 Å². The van der Waals surface area contributed by atoms with E-state index in [1.807, 2.05) is 19.1 Å². The molecule has 3 aromatic rings. The van der Waals surface area contributed by atoms with E-state index in [2.05, 4.69) is 13.0 Å². The number of ether oxygens (including phenoxy) is 1. The van der Waals surface area contributed by atoms with E-state index in [1.54, 1.807) is 23.1 Å². The first-order valence-corrected chi connectivity index (χ1v) is 10.2. The third-order valence-electron chi connectivity index (χ3n) is 5.66. The summed E-state index contributed by atoms with van der Waals surface area (Å²) in [6.07, 6.45) is 2.78. The van der Waals surface area contributed by atoms with Crippen LogP contribution in [-0.2, 0) is 17.7 Å². The molecule has 5 heteroatoms. The summed E-state index contributed by atoms with van der Waals surface area (Å²) in [7, 11) is 0. The second-order valence-electron chi connectivity index (χ2n) is 7.65. The Labute approximate surface area is 170 Å². The van der Waals surface area contributed by atoms with E-state index in [0.29, 0.717) is 30.1 Å². The van der Waals surface area contributed by atoms with Gasteiger partial charge in [-0.2, -0.15) is 0 Å². The van der Waals surface area contributed by atoms with Gasteiger partial charge in [0.1, 0.15) is 11.4 Å². The number of fused-ring (bicyclic) bond motifs is 1. The molecule has 1 fully saturated rings. The lowest BCUT2D eigenvalue weighted by Crippen LogP contribution is -2.37. The third-order valence-corrected chi connectivity index (χ3v) is 5.66. The standard InChI is InChI=1S/C24H26FNO3/c1-3-17-10-11-22-20(13-17)16(2)23(29-22)24(27)26(15-19-8-6-12-28-19)14-18-7-4-5-9-21(18)25/h4-5,7,9-11,13,19H,3,6,8,12,14-15H2,1-2H3. The summed E-state index contributed by atoms with van der Waals surface area (Å²) < 4.78 is 26.0. The van der Waals surface area contributed by atoms with Crippen molar-refractivity contribution >= 4 is 16.9 Å². The van der Waals surface area contributed by atoms with Gasteiger partial charge in [-0.15, -0.1) is 0 Å². The van der Waals surface area contributed by atoms with Crippen molar-refractivity contribution < 1.29 is 18.3 Å². The number of furan rings is 1. The smallest absolute Gasteiger partial charge is 0.290 e. The van der Waals surface area contributed by atoms with E-state index < -0.39 is 0 Å². The van der Waals surface area contributed by atoms with Gasteiger partial charge in [0.15, 0.2) is 5.76 Å². The first-order chi connectivity index (χ1) is 14.1. The van der Waals surface area contributed by atoms with Crippen molar-refractivity contribution in [3.05, 3.63) is 70.7 Å². The fraction of sp³-hybridized carbons (Fsp3) is 0.375. The largest absolute Gasteiger partial charge is 0.451 e. The summed E-state index contributed by atoms with van der Waals surface area (Å²) in [6, 6.07) is 12.6. The molecule has 1 aliphatic heterocycles. The molecule has 1 amide bonds. The minimum absolute atomic E-state index is 0.0258. The molecule has 0 spiro atoms. The van der Waals surface area contributed by atoms with Crippen molar-refractivity contribution in [2.45, 2.75) is 45.8 Å². The maximum Gasteiger partial charge on any atom is 0.290 e. The lowest BCUT2D eigenvalue weighted by Gasteiger charge is -2.25. The van der Waals surface area contributed by atoms with Gasteiger partial charge >= 0.3 is 0 Å². The topological polar surface area (TPSA) is 42.7 Å². The van der Waals surface area contributed by atoms with Gasteiger partial charge in [0.05, 0.1) is 6.10 Å². The average molecular weight is 395 g/mol. The van der Waals surface area contributed by atoms with E-state index >= 15 is 0 Å². The number of carbonyl (C=O) groups is 1. The van der Waals surface area contributed by atoms with Crippen LogP contribution < -0.4 is 0 Å². The lowest BCUT2D eigenvalue weighted by atomic mass is 10.1. The highest BCUT2D eigenvalue weighted by atomic mass is 19.1. The first kappa shape index (κ1) is 19.6. The zero-order valence-corrected chi connectivity index (χ0v) is 16.9. The normalized spacial score (nSPS) is 16.4. The maximum atomic E-state index is 14.3. The molecule has 0 bridgehead atoms. The van der Waals surface area contributed by atoms with Crippen molar-refractivity contribution in [1.82, 2.24) is 4.90 Å². The quantitative estimate of drug-likeness (QED) is 0.571. The Morgan fingerprint density at radius 1 is 1.24 bits per heavy atom. The summed E-state index contributed by atoms with van der Waals surface area (Å²) in [5.41, 5.74) is 3.21. The minimum Gasteiger partial charge on any atom is -0.451 e. The number of nitrogens with zero attached hydrogens (tertiary/aromatic N) is 1. The van der Waals surface area contributed by atoms with Crippen LogP contribution in [0.15, 0.2) is 46.9 Å². The fourth-order valence-electron chi connectivity index (χ4n) is 3.92. The van der Waals surface area contributed by atoms with Crippen LogP contribution in [-0.4, -0.2) is 30.1 Å². The number of carbonyl (C=O) groups excluding carboxylic acids is 1. The average Bonchev–Trinajstić information content (AvgIpc) is 3.36. The Morgan fingerprint density at radius 2 is 2.07 bits per heavy atom. The van der Waals surface area contributed by atoms with Crippen LogP contribution in [0.1, 0.15) is 47.0 Å². The Hall–Kier alpha value is -2.66. The van der Waals surface area contributed by atoms with E-state index in [-0.39, 0.29) is 24.4 Å². The van der Waals surface area contributed by atoms with Gasteiger partial charge in [0, 0.05) is 36.2 Å². The van der Waals surface area contributed by atoms with Crippen molar-refractivity contribution in [1.29, 1.82) is 0 Å². The number of hydrogen-bond acceptors (Lipinski definition) is 3. The van der Waals surface area contributed by atoms with Crippen molar-refractivity contribution in [3.8, 4) is 0 Å². The third kappa shape index (κ3) is 4.06. The van der Waals surface area contributed by atoms with Gasteiger partial charge < -0.3 is 14.1 Å². The van der Waals surface area contributed by atoms with Crippen LogP contribution in [0, 0.1) is 12.7 Å². The number of rotatable bonds is 6. The molecule has 4 rings (SSSR count). The monoisotopic (exact) mass is 395 g/mol. The summed E-state index contributed by atoms with van der Waals surface area (Å²) in [4.78, 5) is 15.1.